The van der Waals surface area contributed by atoms with E-state index < -0.39 is 0 Å². The summed E-state index contributed by atoms with van der Waals surface area (Å²) in [6.45, 7) is 3.69. The van der Waals surface area contributed by atoms with E-state index in [0.717, 1.165) is 18.8 Å². The van der Waals surface area contributed by atoms with E-state index >= 15 is 0 Å². The summed E-state index contributed by atoms with van der Waals surface area (Å²) in [7, 11) is 0. The predicted molar refractivity (Wildman–Crippen MR) is 45.2 cm³/mol. The highest BCUT2D eigenvalue weighted by Crippen LogP contribution is 2.52. The maximum absolute atomic E-state index is 10.1. The summed E-state index contributed by atoms with van der Waals surface area (Å²) >= 11 is 0. The molecule has 3 unspecified atom stereocenters. The largest absolute Gasteiger partial charge is 0.389 e. The fourth-order valence-electron chi connectivity index (χ4n) is 2.91. The van der Waals surface area contributed by atoms with E-state index in [4.69, 9.17) is 0 Å². The molecule has 0 saturated heterocycles. The summed E-state index contributed by atoms with van der Waals surface area (Å²) in [5, 5.41) is 10.1. The van der Waals surface area contributed by atoms with Crippen molar-refractivity contribution in [3.05, 3.63) is 12.7 Å². The van der Waals surface area contributed by atoms with E-state index in [-0.39, 0.29) is 5.60 Å². The van der Waals surface area contributed by atoms with Crippen LogP contribution in [-0.4, -0.2) is 10.7 Å². The molecule has 0 radical (unpaired) electrons. The first kappa shape index (κ1) is 7.35. The number of fused-ring (bicyclic) bond motifs is 2. The summed E-state index contributed by atoms with van der Waals surface area (Å²) in [5.74, 6) is 1.41. The van der Waals surface area contributed by atoms with Crippen molar-refractivity contribution in [2.24, 2.45) is 11.8 Å². The smallest absolute Gasteiger partial charge is 0.0712 e. The van der Waals surface area contributed by atoms with E-state index in [2.05, 4.69) is 6.58 Å². The van der Waals surface area contributed by atoms with Crippen molar-refractivity contribution in [3.63, 3.8) is 0 Å². The molecule has 1 nitrogen and oxygen atoms in total. The van der Waals surface area contributed by atoms with Gasteiger partial charge in [0.05, 0.1) is 5.60 Å². The number of aliphatic hydroxyl groups is 1. The molecule has 0 amide bonds. The van der Waals surface area contributed by atoms with Gasteiger partial charge in [-0.25, -0.2) is 0 Å². The quantitative estimate of drug-likeness (QED) is 0.601. The van der Waals surface area contributed by atoms with Gasteiger partial charge in [0, 0.05) is 0 Å². The van der Waals surface area contributed by atoms with Crippen molar-refractivity contribution in [3.8, 4) is 0 Å². The van der Waals surface area contributed by atoms with Crippen LogP contribution in [0.1, 0.15) is 32.1 Å². The van der Waals surface area contributed by atoms with Crippen molar-refractivity contribution >= 4 is 0 Å². The molecule has 62 valence electrons. The lowest BCUT2D eigenvalue weighted by atomic mass is 9.82. The molecule has 1 N–H and O–H groups in total. The van der Waals surface area contributed by atoms with E-state index in [1.54, 1.807) is 0 Å². The molecule has 0 aromatic heterocycles. The number of hydrogen-bond acceptors (Lipinski definition) is 1. The topological polar surface area (TPSA) is 20.2 Å². The van der Waals surface area contributed by atoms with Crippen LogP contribution in [0.25, 0.3) is 0 Å². The van der Waals surface area contributed by atoms with Gasteiger partial charge in [0.1, 0.15) is 0 Å². The molecule has 2 aliphatic carbocycles. The monoisotopic (exact) mass is 152 g/mol. The van der Waals surface area contributed by atoms with Gasteiger partial charge in [0.2, 0.25) is 0 Å². The molecule has 3 atom stereocenters. The molecule has 0 heterocycles. The van der Waals surface area contributed by atoms with Gasteiger partial charge in [0.15, 0.2) is 0 Å². The van der Waals surface area contributed by atoms with Crippen LogP contribution in [0.15, 0.2) is 12.7 Å². The van der Waals surface area contributed by atoms with Crippen LogP contribution in [0.5, 0.6) is 0 Å². The van der Waals surface area contributed by atoms with Crippen LogP contribution in [0, 0.1) is 11.8 Å². The average molecular weight is 152 g/mol. The highest BCUT2D eigenvalue weighted by Gasteiger charge is 2.48. The Kier molecular flexibility index (Phi) is 1.57. The highest BCUT2D eigenvalue weighted by atomic mass is 16.3. The summed E-state index contributed by atoms with van der Waals surface area (Å²) in [4.78, 5) is 0. The van der Waals surface area contributed by atoms with Crippen molar-refractivity contribution in [2.45, 2.75) is 37.7 Å². The molecule has 11 heavy (non-hydrogen) atoms. The second-order valence-corrected chi connectivity index (χ2v) is 4.18. The van der Waals surface area contributed by atoms with Crippen molar-refractivity contribution in [2.75, 3.05) is 0 Å². The normalized spacial score (nSPS) is 48.1. The van der Waals surface area contributed by atoms with Gasteiger partial charge in [-0.15, -0.1) is 6.58 Å². The highest BCUT2D eigenvalue weighted by molar-refractivity contribution is 5.03. The molecule has 2 rings (SSSR count). The Morgan fingerprint density at radius 1 is 1.55 bits per heavy atom. The zero-order valence-corrected chi connectivity index (χ0v) is 6.92. The summed E-state index contributed by atoms with van der Waals surface area (Å²) in [6.07, 6.45) is 7.56. The van der Waals surface area contributed by atoms with Crippen LogP contribution < -0.4 is 0 Å². The molecule has 0 spiro atoms. The molecule has 2 aliphatic rings. The van der Waals surface area contributed by atoms with Gasteiger partial charge in [-0.2, -0.15) is 0 Å². The van der Waals surface area contributed by atoms with Gasteiger partial charge in [-0.1, -0.05) is 6.08 Å². The number of rotatable bonds is 2. The lowest BCUT2D eigenvalue weighted by Gasteiger charge is -2.31. The second kappa shape index (κ2) is 2.34. The fourth-order valence-corrected chi connectivity index (χ4v) is 2.91. The lowest BCUT2D eigenvalue weighted by molar-refractivity contribution is -0.00997. The molecular formula is C10H16O. The Bertz CT molecular complexity index is 176. The minimum atomic E-state index is -0.356. The van der Waals surface area contributed by atoms with Crippen molar-refractivity contribution in [1.82, 2.24) is 0 Å². The van der Waals surface area contributed by atoms with Gasteiger partial charge in [0.25, 0.3) is 0 Å². The average Bonchev–Trinajstić information content (AvgIpc) is 2.45. The zero-order chi connectivity index (χ0) is 7.90. The molecule has 0 aromatic rings. The maximum atomic E-state index is 10.1. The maximum Gasteiger partial charge on any atom is 0.0712 e. The Hall–Kier alpha value is -0.300. The standard InChI is InChI=1S/C10H16O/c1-2-5-10(11)7-8-3-4-9(10)6-8/h2,8-9,11H,1,3-7H2. The van der Waals surface area contributed by atoms with Crippen LogP contribution in [0.2, 0.25) is 0 Å². The molecular weight excluding hydrogens is 136 g/mol. The van der Waals surface area contributed by atoms with Crippen LogP contribution >= 0.6 is 0 Å². The molecule has 0 aliphatic heterocycles. The summed E-state index contributed by atoms with van der Waals surface area (Å²) in [5.41, 5.74) is -0.356. The van der Waals surface area contributed by atoms with Crippen LogP contribution in [0.3, 0.4) is 0 Å². The first-order valence-electron chi connectivity index (χ1n) is 4.58. The fraction of sp³-hybridized carbons (Fsp3) is 0.800. The Balaban J connectivity index is 2.10. The number of hydrogen-bond donors (Lipinski definition) is 1. The third kappa shape index (κ3) is 1.02. The molecule has 2 bridgehead atoms. The lowest BCUT2D eigenvalue weighted by Crippen LogP contribution is -2.34. The first-order valence-corrected chi connectivity index (χ1v) is 4.58. The minimum Gasteiger partial charge on any atom is -0.389 e. The van der Waals surface area contributed by atoms with E-state index in [1.165, 1.54) is 19.3 Å². The third-order valence-corrected chi connectivity index (χ3v) is 3.44. The minimum absolute atomic E-state index is 0.356. The van der Waals surface area contributed by atoms with Crippen LogP contribution in [-0.2, 0) is 0 Å². The van der Waals surface area contributed by atoms with E-state index in [1.807, 2.05) is 6.08 Å². The molecule has 2 saturated carbocycles. The molecule has 0 aromatic carbocycles. The van der Waals surface area contributed by atoms with Crippen LogP contribution in [0.4, 0.5) is 0 Å². The molecule has 1 heteroatoms. The Labute approximate surface area is 68.1 Å². The van der Waals surface area contributed by atoms with E-state index in [0.29, 0.717) is 5.92 Å². The van der Waals surface area contributed by atoms with Crippen molar-refractivity contribution in [1.29, 1.82) is 0 Å². The predicted octanol–water partition coefficient (Wildman–Crippen LogP) is 2.11. The van der Waals surface area contributed by atoms with Gasteiger partial charge >= 0.3 is 0 Å². The molecule has 2 fully saturated rings. The second-order valence-electron chi connectivity index (χ2n) is 4.18. The Morgan fingerprint density at radius 2 is 2.36 bits per heavy atom. The van der Waals surface area contributed by atoms with Crippen molar-refractivity contribution < 1.29 is 5.11 Å². The summed E-state index contributed by atoms with van der Waals surface area (Å²) < 4.78 is 0. The SMILES string of the molecule is C=CCC1(O)CC2CCC1C2. The van der Waals surface area contributed by atoms with E-state index in [9.17, 15) is 5.11 Å². The first-order chi connectivity index (χ1) is 5.24. The van der Waals surface area contributed by atoms with Gasteiger partial charge in [-0.3, -0.25) is 0 Å². The third-order valence-electron chi connectivity index (χ3n) is 3.44. The Morgan fingerprint density at radius 3 is 2.82 bits per heavy atom. The van der Waals surface area contributed by atoms with Gasteiger partial charge in [-0.05, 0) is 43.9 Å². The zero-order valence-electron chi connectivity index (χ0n) is 6.92. The van der Waals surface area contributed by atoms with Gasteiger partial charge < -0.3 is 5.11 Å². The summed E-state index contributed by atoms with van der Waals surface area (Å²) in [6, 6.07) is 0.